The number of nitrogens with zero attached hydrogens (tertiary/aromatic N) is 2. The molecule has 4 rings (SSSR count). The molecule has 0 aliphatic carbocycles. The number of fused-ring (bicyclic) bond motifs is 1. The van der Waals surface area contributed by atoms with Gasteiger partial charge in [0.25, 0.3) is 5.91 Å². The Hall–Kier alpha value is -3.63. The smallest absolute Gasteiger partial charge is 0.259 e. The maximum atomic E-state index is 13.4. The van der Waals surface area contributed by atoms with E-state index in [-0.39, 0.29) is 16.9 Å². The van der Waals surface area contributed by atoms with Crippen molar-refractivity contribution < 1.29 is 22.4 Å². The maximum Gasteiger partial charge on any atom is 0.259 e. The van der Waals surface area contributed by atoms with Gasteiger partial charge in [-0.15, -0.1) is 0 Å². The van der Waals surface area contributed by atoms with Crippen molar-refractivity contribution >= 4 is 33.2 Å². The number of amides is 2. The maximum absolute atomic E-state index is 13.4. The van der Waals surface area contributed by atoms with Crippen LogP contribution in [0, 0.1) is 5.82 Å². The lowest BCUT2D eigenvalue weighted by atomic mass is 10.1. The molecule has 1 aromatic heterocycles. The molecule has 8 nitrogen and oxygen atoms in total. The van der Waals surface area contributed by atoms with Crippen molar-refractivity contribution in [2.75, 3.05) is 10.2 Å². The number of carbonyl (C=O) groups is 2. The normalized spacial score (nSPS) is 15.5. The zero-order valence-electron chi connectivity index (χ0n) is 19.4. The van der Waals surface area contributed by atoms with Gasteiger partial charge in [-0.1, -0.05) is 0 Å². The Balaban J connectivity index is 1.56. The fraction of sp³-hybridized carbons (Fsp3) is 0.240. The van der Waals surface area contributed by atoms with E-state index in [1.807, 2.05) is 0 Å². The predicted octanol–water partition coefficient (Wildman–Crippen LogP) is 3.51. The number of hydrogen-bond acceptors (Lipinski definition) is 5. The van der Waals surface area contributed by atoms with Gasteiger partial charge in [-0.3, -0.25) is 19.5 Å². The van der Waals surface area contributed by atoms with Crippen molar-refractivity contribution in [2.24, 2.45) is 0 Å². The van der Waals surface area contributed by atoms with Gasteiger partial charge >= 0.3 is 0 Å². The van der Waals surface area contributed by atoms with Gasteiger partial charge in [0.2, 0.25) is 15.9 Å². The van der Waals surface area contributed by atoms with Gasteiger partial charge in [0, 0.05) is 29.4 Å². The molecule has 0 spiro atoms. The van der Waals surface area contributed by atoms with Crippen LogP contribution >= 0.6 is 0 Å². The van der Waals surface area contributed by atoms with Gasteiger partial charge in [-0.2, -0.15) is 0 Å². The number of carbonyl (C=O) groups excluding carboxylic acids is 2. The Kier molecular flexibility index (Phi) is 6.44. The summed E-state index contributed by atoms with van der Waals surface area (Å²) in [5.41, 5.74) is 1.08. The topological polar surface area (TPSA) is 108 Å². The van der Waals surface area contributed by atoms with Crippen LogP contribution in [0.3, 0.4) is 0 Å². The summed E-state index contributed by atoms with van der Waals surface area (Å²) in [5, 5.41) is 2.76. The van der Waals surface area contributed by atoms with E-state index >= 15 is 0 Å². The lowest BCUT2D eigenvalue weighted by molar-refractivity contribution is -0.117. The van der Waals surface area contributed by atoms with Crippen LogP contribution in [0.1, 0.15) is 36.8 Å². The van der Waals surface area contributed by atoms with E-state index in [9.17, 15) is 22.4 Å². The molecule has 3 aromatic rings. The number of anilines is 2. The Morgan fingerprint density at radius 1 is 1.03 bits per heavy atom. The minimum absolute atomic E-state index is 0.0657. The average molecular weight is 497 g/mol. The molecule has 2 heterocycles. The lowest BCUT2D eigenvalue weighted by Crippen LogP contribution is -2.45. The zero-order chi connectivity index (χ0) is 25.4. The number of nitrogens with one attached hydrogen (secondary N) is 2. The number of benzene rings is 2. The van der Waals surface area contributed by atoms with E-state index in [1.54, 1.807) is 39.1 Å². The van der Waals surface area contributed by atoms with E-state index in [0.29, 0.717) is 17.1 Å². The second kappa shape index (κ2) is 9.20. The number of rotatable bonds is 5. The Labute approximate surface area is 203 Å². The standard InChI is InChI=1S/C25H25FN4O4S/c1-25(2,3)29-35(33,34)19-12-10-18(11-13-19)28-23(31)22-15-20-21(5-4-14-27-20)30(22)24(32)16-6-8-17(26)9-7-16/h4-14,22,29H,15H2,1-3H3,(H,28,31). The summed E-state index contributed by atoms with van der Waals surface area (Å²) in [6.07, 6.45) is 1.79. The first-order valence-electron chi connectivity index (χ1n) is 10.9. The van der Waals surface area contributed by atoms with Gasteiger partial charge in [0.1, 0.15) is 11.9 Å². The first-order valence-corrected chi connectivity index (χ1v) is 12.4. The molecular weight excluding hydrogens is 471 g/mol. The van der Waals surface area contributed by atoms with E-state index < -0.39 is 39.2 Å². The van der Waals surface area contributed by atoms with E-state index in [2.05, 4.69) is 15.0 Å². The Bertz CT molecular complexity index is 1370. The summed E-state index contributed by atoms with van der Waals surface area (Å²) in [5.74, 6) is -1.38. The zero-order valence-corrected chi connectivity index (χ0v) is 20.3. The van der Waals surface area contributed by atoms with Crippen molar-refractivity contribution in [1.29, 1.82) is 0 Å². The van der Waals surface area contributed by atoms with Crippen LogP contribution in [0.4, 0.5) is 15.8 Å². The first-order chi connectivity index (χ1) is 16.4. The minimum atomic E-state index is -3.72. The molecule has 10 heteroatoms. The van der Waals surface area contributed by atoms with E-state index in [4.69, 9.17) is 0 Å². The molecule has 1 atom stereocenters. The van der Waals surface area contributed by atoms with Crippen LogP contribution in [0.15, 0.2) is 71.8 Å². The first kappa shape index (κ1) is 24.5. The average Bonchev–Trinajstić information content (AvgIpc) is 3.18. The summed E-state index contributed by atoms with van der Waals surface area (Å²) in [6.45, 7) is 5.23. The van der Waals surface area contributed by atoms with Crippen molar-refractivity contribution in [2.45, 2.75) is 43.7 Å². The molecule has 35 heavy (non-hydrogen) atoms. The van der Waals surface area contributed by atoms with Crippen LogP contribution in [0.25, 0.3) is 0 Å². The van der Waals surface area contributed by atoms with Crippen LogP contribution < -0.4 is 14.9 Å². The molecule has 1 unspecified atom stereocenters. The molecular formula is C25H25FN4O4S. The van der Waals surface area contributed by atoms with Gasteiger partial charge in [-0.05, 0) is 81.4 Å². The third-order valence-corrected chi connectivity index (χ3v) is 7.08. The van der Waals surface area contributed by atoms with Crippen molar-refractivity contribution in [1.82, 2.24) is 9.71 Å². The summed E-state index contributed by atoms with van der Waals surface area (Å²) < 4.78 is 41.0. The van der Waals surface area contributed by atoms with Crippen molar-refractivity contribution in [3.05, 3.63) is 83.9 Å². The Morgan fingerprint density at radius 2 is 1.69 bits per heavy atom. The quantitative estimate of drug-likeness (QED) is 0.562. The number of aromatic nitrogens is 1. The van der Waals surface area contributed by atoms with E-state index in [0.717, 1.165) is 0 Å². The number of pyridine rings is 1. The highest BCUT2D eigenvalue weighted by molar-refractivity contribution is 7.89. The molecule has 0 radical (unpaired) electrons. The van der Waals surface area contributed by atoms with Gasteiger partial charge in [-0.25, -0.2) is 17.5 Å². The highest BCUT2D eigenvalue weighted by Gasteiger charge is 2.39. The second-order valence-corrected chi connectivity index (χ2v) is 10.9. The SMILES string of the molecule is CC(C)(C)NS(=O)(=O)c1ccc(NC(=O)C2Cc3ncccc3N2C(=O)c2ccc(F)cc2)cc1. The summed E-state index contributed by atoms with van der Waals surface area (Å²) >= 11 is 0. The monoisotopic (exact) mass is 496 g/mol. The van der Waals surface area contributed by atoms with Crippen LogP contribution in [0.5, 0.6) is 0 Å². The molecule has 0 saturated carbocycles. The second-order valence-electron chi connectivity index (χ2n) is 9.24. The van der Waals surface area contributed by atoms with Crippen molar-refractivity contribution in [3.8, 4) is 0 Å². The number of halogens is 1. The molecule has 0 fully saturated rings. The van der Waals surface area contributed by atoms with Gasteiger partial charge in [0.15, 0.2) is 0 Å². The molecule has 1 aliphatic heterocycles. The fourth-order valence-corrected chi connectivity index (χ4v) is 5.26. The highest BCUT2D eigenvalue weighted by Crippen LogP contribution is 2.32. The molecule has 2 amide bonds. The molecule has 182 valence electrons. The molecule has 0 saturated heterocycles. The van der Waals surface area contributed by atoms with Gasteiger partial charge in [0.05, 0.1) is 16.3 Å². The summed E-state index contributed by atoms with van der Waals surface area (Å²) in [4.78, 5) is 32.2. The highest BCUT2D eigenvalue weighted by atomic mass is 32.2. The molecule has 1 aliphatic rings. The fourth-order valence-electron chi connectivity index (χ4n) is 3.85. The third kappa shape index (κ3) is 5.39. The van der Waals surface area contributed by atoms with Crippen LogP contribution in [-0.2, 0) is 21.2 Å². The van der Waals surface area contributed by atoms with Gasteiger partial charge < -0.3 is 5.32 Å². The minimum Gasteiger partial charge on any atom is -0.324 e. The molecule has 2 N–H and O–H groups in total. The predicted molar refractivity (Wildman–Crippen MR) is 130 cm³/mol. The lowest BCUT2D eigenvalue weighted by Gasteiger charge is -2.25. The Morgan fingerprint density at radius 3 is 2.31 bits per heavy atom. The largest absolute Gasteiger partial charge is 0.324 e. The van der Waals surface area contributed by atoms with Crippen LogP contribution in [0.2, 0.25) is 0 Å². The van der Waals surface area contributed by atoms with Crippen molar-refractivity contribution in [3.63, 3.8) is 0 Å². The number of sulfonamides is 1. The molecule has 0 bridgehead atoms. The summed E-state index contributed by atoms with van der Waals surface area (Å²) in [6, 6.07) is 13.4. The summed E-state index contributed by atoms with van der Waals surface area (Å²) in [7, 11) is -3.72. The van der Waals surface area contributed by atoms with Crippen LogP contribution in [-0.4, -0.2) is 36.8 Å². The van der Waals surface area contributed by atoms with E-state index in [1.165, 1.54) is 53.4 Å². The molecule has 2 aromatic carbocycles. The third-order valence-electron chi connectivity index (χ3n) is 5.31. The number of hydrogen-bond donors (Lipinski definition) is 2.